The Morgan fingerprint density at radius 1 is 1.26 bits per heavy atom. The summed E-state index contributed by atoms with van der Waals surface area (Å²) >= 11 is 0. The van der Waals surface area contributed by atoms with E-state index < -0.39 is 0 Å². The van der Waals surface area contributed by atoms with Gasteiger partial charge in [0.2, 0.25) is 0 Å². The van der Waals surface area contributed by atoms with Crippen molar-refractivity contribution in [1.82, 2.24) is 4.90 Å². The maximum atomic E-state index is 6.37. The average Bonchev–Trinajstić information content (AvgIpc) is 2.41. The zero-order valence-corrected chi connectivity index (χ0v) is 13.0. The van der Waals surface area contributed by atoms with Crippen molar-refractivity contribution in [3.8, 4) is 0 Å². The van der Waals surface area contributed by atoms with Gasteiger partial charge in [0, 0.05) is 26.2 Å². The molecule has 1 aliphatic carbocycles. The topological polar surface area (TPSA) is 38.5 Å². The Morgan fingerprint density at radius 3 is 2.74 bits per heavy atom. The number of piperidine rings is 1. The van der Waals surface area contributed by atoms with Gasteiger partial charge in [0.1, 0.15) is 0 Å². The van der Waals surface area contributed by atoms with Crippen LogP contribution in [-0.2, 0) is 4.74 Å². The number of hydrogen-bond acceptors (Lipinski definition) is 3. The summed E-state index contributed by atoms with van der Waals surface area (Å²) in [6, 6.07) is 0.415. The molecule has 112 valence electrons. The molecule has 0 amide bonds. The quantitative estimate of drug-likeness (QED) is 0.851. The predicted octanol–water partition coefficient (Wildman–Crippen LogP) is 2.50. The van der Waals surface area contributed by atoms with Crippen LogP contribution in [0.25, 0.3) is 0 Å². The summed E-state index contributed by atoms with van der Waals surface area (Å²) in [6.45, 7) is 8.24. The van der Waals surface area contributed by atoms with E-state index >= 15 is 0 Å². The Hall–Kier alpha value is -0.120. The van der Waals surface area contributed by atoms with Crippen molar-refractivity contribution < 1.29 is 4.74 Å². The molecule has 1 saturated carbocycles. The van der Waals surface area contributed by atoms with E-state index in [-0.39, 0.29) is 0 Å². The van der Waals surface area contributed by atoms with Crippen molar-refractivity contribution in [2.75, 3.05) is 26.7 Å². The molecule has 0 aromatic carbocycles. The smallest absolute Gasteiger partial charge is 0.0698 e. The van der Waals surface area contributed by atoms with Gasteiger partial charge in [0.05, 0.1) is 6.10 Å². The molecule has 3 nitrogen and oxygen atoms in total. The van der Waals surface area contributed by atoms with E-state index in [1.54, 1.807) is 0 Å². The average molecular weight is 268 g/mol. The number of methoxy groups -OCH3 is 1. The summed E-state index contributed by atoms with van der Waals surface area (Å²) in [5, 5.41) is 0. The molecule has 4 atom stereocenters. The Kier molecular flexibility index (Phi) is 5.67. The lowest BCUT2D eigenvalue weighted by Gasteiger charge is -2.40. The fourth-order valence-electron chi connectivity index (χ4n) is 3.84. The van der Waals surface area contributed by atoms with Crippen LogP contribution in [-0.4, -0.2) is 43.8 Å². The number of likely N-dealkylation sites (tertiary alicyclic amines) is 1. The van der Waals surface area contributed by atoms with Crippen molar-refractivity contribution in [3.63, 3.8) is 0 Å². The zero-order valence-electron chi connectivity index (χ0n) is 13.0. The first-order valence-electron chi connectivity index (χ1n) is 8.11. The van der Waals surface area contributed by atoms with Crippen LogP contribution in [0.2, 0.25) is 0 Å². The SMILES string of the molecule is COC1CCCN(CC2CC(C(C)C)CCC2N)C1. The molecule has 0 aromatic heterocycles. The van der Waals surface area contributed by atoms with Gasteiger partial charge in [-0.2, -0.15) is 0 Å². The molecule has 0 spiro atoms. The summed E-state index contributed by atoms with van der Waals surface area (Å²) in [7, 11) is 1.84. The molecule has 1 saturated heterocycles. The van der Waals surface area contributed by atoms with Gasteiger partial charge in [-0.15, -0.1) is 0 Å². The fourth-order valence-corrected chi connectivity index (χ4v) is 3.84. The van der Waals surface area contributed by atoms with Gasteiger partial charge in [0.15, 0.2) is 0 Å². The van der Waals surface area contributed by atoms with Crippen LogP contribution in [0, 0.1) is 17.8 Å². The highest BCUT2D eigenvalue weighted by molar-refractivity contribution is 4.87. The molecular formula is C16H32N2O. The number of nitrogens with two attached hydrogens (primary N) is 1. The molecule has 19 heavy (non-hydrogen) atoms. The second-order valence-electron chi connectivity index (χ2n) is 7.00. The number of hydrogen-bond donors (Lipinski definition) is 1. The minimum Gasteiger partial charge on any atom is -0.380 e. The molecule has 4 unspecified atom stereocenters. The maximum absolute atomic E-state index is 6.37. The van der Waals surface area contributed by atoms with Crippen LogP contribution < -0.4 is 5.73 Å². The van der Waals surface area contributed by atoms with E-state index in [2.05, 4.69) is 18.7 Å². The monoisotopic (exact) mass is 268 g/mol. The van der Waals surface area contributed by atoms with E-state index in [1.165, 1.54) is 45.2 Å². The molecule has 2 rings (SSSR count). The van der Waals surface area contributed by atoms with Crippen LogP contribution in [0.15, 0.2) is 0 Å². The lowest BCUT2D eigenvalue weighted by atomic mass is 9.73. The van der Waals surface area contributed by atoms with Gasteiger partial charge < -0.3 is 15.4 Å². The first-order chi connectivity index (χ1) is 9.10. The second kappa shape index (κ2) is 7.05. The minimum absolute atomic E-state index is 0.415. The third kappa shape index (κ3) is 4.17. The van der Waals surface area contributed by atoms with Crippen molar-refractivity contribution in [1.29, 1.82) is 0 Å². The van der Waals surface area contributed by atoms with E-state index in [0.29, 0.717) is 18.1 Å². The van der Waals surface area contributed by atoms with E-state index in [1.807, 2.05) is 7.11 Å². The largest absolute Gasteiger partial charge is 0.380 e. The molecule has 0 bridgehead atoms. The van der Waals surface area contributed by atoms with Crippen molar-refractivity contribution in [2.24, 2.45) is 23.5 Å². The van der Waals surface area contributed by atoms with E-state index in [0.717, 1.165) is 18.4 Å². The first-order valence-corrected chi connectivity index (χ1v) is 8.11. The predicted molar refractivity (Wildman–Crippen MR) is 80.1 cm³/mol. The molecule has 0 radical (unpaired) electrons. The standard InChI is InChI=1S/C16H32N2O/c1-12(2)13-6-7-16(17)14(9-13)10-18-8-4-5-15(11-18)19-3/h12-16H,4-11,17H2,1-3H3. The van der Waals surface area contributed by atoms with Gasteiger partial charge in [-0.05, 0) is 56.4 Å². The summed E-state index contributed by atoms with van der Waals surface area (Å²) in [4.78, 5) is 2.59. The Labute approximate surface area is 118 Å². The minimum atomic E-state index is 0.415. The van der Waals surface area contributed by atoms with E-state index in [4.69, 9.17) is 10.5 Å². The molecule has 1 aliphatic heterocycles. The maximum Gasteiger partial charge on any atom is 0.0698 e. The van der Waals surface area contributed by atoms with Gasteiger partial charge in [0.25, 0.3) is 0 Å². The van der Waals surface area contributed by atoms with Crippen LogP contribution in [0.1, 0.15) is 46.0 Å². The highest BCUT2D eigenvalue weighted by atomic mass is 16.5. The molecule has 2 aliphatic rings. The fraction of sp³-hybridized carbons (Fsp3) is 1.00. The Bertz CT molecular complexity index is 269. The van der Waals surface area contributed by atoms with Gasteiger partial charge in [-0.1, -0.05) is 13.8 Å². The molecule has 3 heteroatoms. The van der Waals surface area contributed by atoms with Crippen molar-refractivity contribution >= 4 is 0 Å². The van der Waals surface area contributed by atoms with Crippen LogP contribution >= 0.6 is 0 Å². The first kappa shape index (κ1) is 15.3. The lowest BCUT2D eigenvalue weighted by Crippen LogP contribution is -2.47. The summed E-state index contributed by atoms with van der Waals surface area (Å²) in [5.74, 6) is 2.38. The third-order valence-corrected chi connectivity index (χ3v) is 5.31. The normalized spacial score (nSPS) is 37.7. The molecule has 0 aromatic rings. The number of rotatable bonds is 4. The van der Waals surface area contributed by atoms with Crippen LogP contribution in [0.3, 0.4) is 0 Å². The zero-order chi connectivity index (χ0) is 13.8. The van der Waals surface area contributed by atoms with Crippen LogP contribution in [0.5, 0.6) is 0 Å². The van der Waals surface area contributed by atoms with Gasteiger partial charge >= 0.3 is 0 Å². The summed E-state index contributed by atoms with van der Waals surface area (Å²) in [5.41, 5.74) is 6.37. The number of ether oxygens (including phenoxy) is 1. The van der Waals surface area contributed by atoms with Crippen molar-refractivity contribution in [2.45, 2.75) is 58.1 Å². The van der Waals surface area contributed by atoms with Gasteiger partial charge in [-0.3, -0.25) is 0 Å². The summed E-state index contributed by atoms with van der Waals surface area (Å²) in [6.07, 6.45) is 6.80. The summed E-state index contributed by atoms with van der Waals surface area (Å²) < 4.78 is 5.52. The van der Waals surface area contributed by atoms with Gasteiger partial charge in [-0.25, -0.2) is 0 Å². The molecule has 2 fully saturated rings. The van der Waals surface area contributed by atoms with E-state index in [9.17, 15) is 0 Å². The highest BCUT2D eigenvalue weighted by Gasteiger charge is 2.32. The van der Waals surface area contributed by atoms with Crippen molar-refractivity contribution in [3.05, 3.63) is 0 Å². The molecule has 2 N–H and O–H groups in total. The lowest BCUT2D eigenvalue weighted by molar-refractivity contribution is 0.0189. The van der Waals surface area contributed by atoms with Crippen LogP contribution in [0.4, 0.5) is 0 Å². The third-order valence-electron chi connectivity index (χ3n) is 5.31. The highest BCUT2D eigenvalue weighted by Crippen LogP contribution is 2.34. The molecule has 1 heterocycles. The molecular weight excluding hydrogens is 236 g/mol. The Morgan fingerprint density at radius 2 is 2.05 bits per heavy atom. The second-order valence-corrected chi connectivity index (χ2v) is 7.00. The Balaban J connectivity index is 1.85. The number of nitrogens with zero attached hydrogens (tertiary/aromatic N) is 1.